The maximum Gasteiger partial charge on any atom is 0.237 e. The minimum absolute atomic E-state index is 0.0758. The number of carbonyl (C=O) groups excluding carboxylic acids is 2. The van der Waals surface area contributed by atoms with E-state index in [1.807, 2.05) is 20.8 Å². The van der Waals surface area contributed by atoms with Crippen LogP contribution in [0.2, 0.25) is 0 Å². The first-order valence-corrected chi connectivity index (χ1v) is 6.63. The van der Waals surface area contributed by atoms with Gasteiger partial charge < -0.3 is 16.4 Å². The van der Waals surface area contributed by atoms with E-state index in [1.54, 1.807) is 0 Å². The van der Waals surface area contributed by atoms with Gasteiger partial charge in [-0.1, -0.05) is 20.8 Å². The Morgan fingerprint density at radius 1 is 1.33 bits per heavy atom. The zero-order valence-corrected chi connectivity index (χ0v) is 11.6. The summed E-state index contributed by atoms with van der Waals surface area (Å²) in [5.74, 6) is -0.0723. The van der Waals surface area contributed by atoms with Crippen molar-refractivity contribution in [1.29, 1.82) is 0 Å². The van der Waals surface area contributed by atoms with Gasteiger partial charge in [-0.25, -0.2) is 0 Å². The summed E-state index contributed by atoms with van der Waals surface area (Å²) in [4.78, 5) is 23.1. The first kappa shape index (κ1) is 15.0. The van der Waals surface area contributed by atoms with Gasteiger partial charge >= 0.3 is 0 Å². The predicted molar refractivity (Wildman–Crippen MR) is 70.8 cm³/mol. The highest BCUT2D eigenvalue weighted by Crippen LogP contribution is 2.18. The molecule has 0 aliphatic heterocycles. The number of carbonyl (C=O) groups is 2. The zero-order valence-electron chi connectivity index (χ0n) is 11.6. The van der Waals surface area contributed by atoms with Gasteiger partial charge in [0.2, 0.25) is 11.8 Å². The van der Waals surface area contributed by atoms with Crippen molar-refractivity contribution in [2.75, 3.05) is 6.54 Å². The van der Waals surface area contributed by atoms with Crippen molar-refractivity contribution >= 4 is 11.8 Å². The Morgan fingerprint density at radius 2 is 1.94 bits per heavy atom. The van der Waals surface area contributed by atoms with Crippen LogP contribution < -0.4 is 16.4 Å². The second kappa shape index (κ2) is 6.18. The molecular weight excluding hydrogens is 230 g/mol. The number of amides is 2. The molecular formula is C13H25N3O2. The topological polar surface area (TPSA) is 84.2 Å². The third kappa shape index (κ3) is 5.49. The molecule has 104 valence electrons. The summed E-state index contributed by atoms with van der Waals surface area (Å²) in [7, 11) is 0. The molecule has 0 aromatic rings. The summed E-state index contributed by atoms with van der Waals surface area (Å²) in [6, 6.07) is -0.112. The van der Waals surface area contributed by atoms with Crippen LogP contribution in [0, 0.1) is 5.41 Å². The normalized spacial score (nSPS) is 17.1. The van der Waals surface area contributed by atoms with E-state index in [0.717, 1.165) is 12.8 Å². The molecule has 0 radical (unpaired) electrons. The van der Waals surface area contributed by atoms with Gasteiger partial charge in [-0.15, -0.1) is 0 Å². The van der Waals surface area contributed by atoms with Crippen molar-refractivity contribution in [3.05, 3.63) is 0 Å². The maximum atomic E-state index is 11.7. The first-order valence-electron chi connectivity index (χ1n) is 6.63. The minimum Gasteiger partial charge on any atom is -0.355 e. The van der Waals surface area contributed by atoms with Crippen LogP contribution in [0.1, 0.15) is 46.5 Å². The molecule has 5 heteroatoms. The van der Waals surface area contributed by atoms with Crippen LogP contribution in [-0.2, 0) is 9.59 Å². The molecule has 2 amide bonds. The lowest BCUT2D eigenvalue weighted by Crippen LogP contribution is -2.48. The Hall–Kier alpha value is -1.10. The molecule has 4 N–H and O–H groups in total. The summed E-state index contributed by atoms with van der Waals surface area (Å²) in [6.45, 7) is 6.29. The van der Waals surface area contributed by atoms with Crippen LogP contribution in [0.4, 0.5) is 0 Å². The molecule has 0 aromatic carbocycles. The fourth-order valence-electron chi connectivity index (χ4n) is 1.49. The molecule has 0 saturated heterocycles. The molecule has 0 heterocycles. The number of hydrogen-bond acceptors (Lipinski definition) is 3. The van der Waals surface area contributed by atoms with Crippen molar-refractivity contribution in [1.82, 2.24) is 10.6 Å². The summed E-state index contributed by atoms with van der Waals surface area (Å²) < 4.78 is 0. The molecule has 0 aromatic heterocycles. The van der Waals surface area contributed by atoms with Gasteiger partial charge in [-0.3, -0.25) is 9.59 Å². The van der Waals surface area contributed by atoms with Crippen molar-refractivity contribution in [3.63, 3.8) is 0 Å². The SMILES string of the molecule is CC(C)(C)C(N)C(=O)NCCCC(=O)NC1CC1. The molecule has 1 saturated carbocycles. The molecule has 1 aliphatic carbocycles. The van der Waals surface area contributed by atoms with Crippen molar-refractivity contribution in [3.8, 4) is 0 Å². The average molecular weight is 255 g/mol. The summed E-state index contributed by atoms with van der Waals surface area (Å²) in [5, 5.41) is 5.68. The Balaban J connectivity index is 2.09. The Morgan fingerprint density at radius 3 is 2.44 bits per heavy atom. The lowest BCUT2D eigenvalue weighted by atomic mass is 9.87. The quantitative estimate of drug-likeness (QED) is 0.605. The van der Waals surface area contributed by atoms with E-state index < -0.39 is 6.04 Å². The Labute approximate surface area is 109 Å². The minimum atomic E-state index is -0.516. The molecule has 1 fully saturated rings. The van der Waals surface area contributed by atoms with Gasteiger partial charge in [-0.2, -0.15) is 0 Å². The van der Waals surface area contributed by atoms with Crippen molar-refractivity contribution < 1.29 is 9.59 Å². The molecule has 0 bridgehead atoms. The third-order valence-electron chi connectivity index (χ3n) is 3.04. The lowest BCUT2D eigenvalue weighted by Gasteiger charge is -2.25. The molecule has 1 rings (SSSR count). The molecule has 1 aliphatic rings. The predicted octanol–water partition coefficient (Wildman–Crippen LogP) is 0.535. The maximum absolute atomic E-state index is 11.7. The largest absolute Gasteiger partial charge is 0.355 e. The monoisotopic (exact) mass is 255 g/mol. The fraction of sp³-hybridized carbons (Fsp3) is 0.846. The van der Waals surface area contributed by atoms with Gasteiger partial charge in [-0.05, 0) is 24.7 Å². The standard InChI is InChI=1S/C13H25N3O2/c1-13(2,3)11(14)12(18)15-8-4-5-10(17)16-9-6-7-9/h9,11H,4-8,14H2,1-3H3,(H,15,18)(H,16,17). The fourth-order valence-corrected chi connectivity index (χ4v) is 1.49. The van der Waals surface area contributed by atoms with Gasteiger partial charge in [0.1, 0.15) is 0 Å². The lowest BCUT2D eigenvalue weighted by molar-refractivity contribution is -0.125. The summed E-state index contributed by atoms with van der Waals surface area (Å²) in [5.41, 5.74) is 5.58. The van der Waals surface area contributed by atoms with Crippen LogP contribution in [0.25, 0.3) is 0 Å². The zero-order chi connectivity index (χ0) is 13.8. The molecule has 0 spiro atoms. The number of hydrogen-bond donors (Lipinski definition) is 3. The van der Waals surface area contributed by atoms with Gasteiger partial charge in [0.05, 0.1) is 6.04 Å². The summed E-state index contributed by atoms with van der Waals surface area (Å²) in [6.07, 6.45) is 3.31. The Bertz CT molecular complexity index is 306. The van der Waals surface area contributed by atoms with Crippen LogP contribution in [0.3, 0.4) is 0 Å². The van der Waals surface area contributed by atoms with Crippen molar-refractivity contribution in [2.24, 2.45) is 11.1 Å². The second-order valence-electron chi connectivity index (χ2n) is 6.08. The van der Waals surface area contributed by atoms with Crippen LogP contribution in [0.15, 0.2) is 0 Å². The molecule has 1 unspecified atom stereocenters. The highest BCUT2D eigenvalue weighted by atomic mass is 16.2. The van der Waals surface area contributed by atoms with Crippen LogP contribution >= 0.6 is 0 Å². The summed E-state index contributed by atoms with van der Waals surface area (Å²) >= 11 is 0. The van der Waals surface area contributed by atoms with E-state index in [1.165, 1.54) is 0 Å². The number of rotatable bonds is 6. The van der Waals surface area contributed by atoms with E-state index in [2.05, 4.69) is 10.6 Å². The van der Waals surface area contributed by atoms with E-state index >= 15 is 0 Å². The van der Waals surface area contributed by atoms with E-state index in [0.29, 0.717) is 25.4 Å². The first-order chi connectivity index (χ1) is 8.30. The molecule has 5 nitrogen and oxygen atoms in total. The third-order valence-corrected chi connectivity index (χ3v) is 3.04. The van der Waals surface area contributed by atoms with Gasteiger partial charge in [0, 0.05) is 19.0 Å². The second-order valence-corrected chi connectivity index (χ2v) is 6.08. The molecule has 1 atom stereocenters. The highest BCUT2D eigenvalue weighted by Gasteiger charge is 2.27. The van der Waals surface area contributed by atoms with Gasteiger partial charge in [0.25, 0.3) is 0 Å². The number of nitrogens with one attached hydrogen (secondary N) is 2. The average Bonchev–Trinajstić information content (AvgIpc) is 3.05. The van der Waals surface area contributed by atoms with Gasteiger partial charge in [0.15, 0.2) is 0 Å². The Kier molecular flexibility index (Phi) is 5.14. The smallest absolute Gasteiger partial charge is 0.237 e. The van der Waals surface area contributed by atoms with Crippen LogP contribution in [-0.4, -0.2) is 30.4 Å². The van der Waals surface area contributed by atoms with Crippen LogP contribution in [0.5, 0.6) is 0 Å². The van der Waals surface area contributed by atoms with E-state index in [-0.39, 0.29) is 17.2 Å². The van der Waals surface area contributed by atoms with E-state index in [4.69, 9.17) is 5.73 Å². The molecule has 18 heavy (non-hydrogen) atoms. The highest BCUT2D eigenvalue weighted by molar-refractivity contribution is 5.82. The van der Waals surface area contributed by atoms with E-state index in [9.17, 15) is 9.59 Å². The number of nitrogens with two attached hydrogens (primary N) is 1. The van der Waals surface area contributed by atoms with Crippen molar-refractivity contribution in [2.45, 2.75) is 58.5 Å².